The lowest BCUT2D eigenvalue weighted by Crippen LogP contribution is -2.24. The van der Waals surface area contributed by atoms with Crippen LogP contribution in [0.3, 0.4) is 0 Å². The Balaban J connectivity index is 1.41. The number of unbranched alkanes of at least 4 members (excludes halogenated alkanes) is 2. The maximum absolute atomic E-state index is 14.9. The van der Waals surface area contributed by atoms with E-state index in [0.717, 1.165) is 37.3 Å². The van der Waals surface area contributed by atoms with Crippen LogP contribution in [0.15, 0.2) is 48.5 Å². The van der Waals surface area contributed by atoms with Crippen molar-refractivity contribution in [2.75, 3.05) is 0 Å². The summed E-state index contributed by atoms with van der Waals surface area (Å²) in [6.45, 7) is 2.17. The predicted molar refractivity (Wildman–Crippen MR) is 129 cm³/mol. The van der Waals surface area contributed by atoms with E-state index >= 15 is 0 Å². The van der Waals surface area contributed by atoms with Gasteiger partial charge >= 0.3 is 5.97 Å². The number of benzene rings is 3. The normalized spacial score (nSPS) is 19.9. The molecule has 4 rings (SSSR count). The maximum Gasteiger partial charge on any atom is 0.343 e. The van der Waals surface area contributed by atoms with Crippen molar-refractivity contribution >= 4 is 16.7 Å². The van der Waals surface area contributed by atoms with Gasteiger partial charge in [-0.05, 0) is 72.5 Å². The molecule has 0 spiro atoms. The summed E-state index contributed by atoms with van der Waals surface area (Å²) in [7, 11) is 0. The minimum atomic E-state index is -0.974. The predicted octanol–water partition coefficient (Wildman–Crippen LogP) is 8.01. The summed E-state index contributed by atoms with van der Waals surface area (Å²) in [6.07, 6.45) is 6.17. The number of rotatable bonds is 7. The van der Waals surface area contributed by atoms with E-state index < -0.39 is 29.3 Å². The van der Waals surface area contributed by atoms with Crippen molar-refractivity contribution < 1.29 is 22.7 Å². The first-order valence-corrected chi connectivity index (χ1v) is 12.2. The third-order valence-electron chi connectivity index (χ3n) is 6.99. The number of esters is 1. The summed E-state index contributed by atoms with van der Waals surface area (Å²) in [5, 5.41) is 9.15. The van der Waals surface area contributed by atoms with Crippen LogP contribution in [0.25, 0.3) is 10.8 Å². The molecule has 3 atom stereocenters. The molecule has 3 unspecified atom stereocenters. The molecule has 0 radical (unpaired) electrons. The minimum absolute atomic E-state index is 0.0629. The fraction of sp³-hybridized carbons (Fsp3) is 0.379. The summed E-state index contributed by atoms with van der Waals surface area (Å²) >= 11 is 0. The Labute approximate surface area is 203 Å². The molecule has 1 aliphatic carbocycles. The number of carbonyl (C=O) groups is 1. The Morgan fingerprint density at radius 1 is 1.09 bits per heavy atom. The molecule has 0 N–H and O–H groups in total. The molecule has 1 fully saturated rings. The SMILES string of the molecule is CCCCCC1CCC(c2ccc(C(=O)Oc3ccc4c(F)c(C#N)c(F)cc4c3)cc2)C(F)C1. The van der Waals surface area contributed by atoms with Crippen LogP contribution < -0.4 is 4.74 Å². The molecule has 0 aliphatic heterocycles. The number of fused-ring (bicyclic) bond motifs is 1. The molecule has 3 nitrogen and oxygen atoms in total. The standard InChI is InChI=1S/C29H28F3NO2/c1-2-3-4-5-18-6-12-23(26(30)14-18)19-7-9-20(10-8-19)29(34)35-22-11-13-24-21(15-22)16-27(31)25(17-33)28(24)32/h7-11,13,15-16,18,23,26H,2-6,12,14H2,1H3. The van der Waals surface area contributed by atoms with Gasteiger partial charge in [-0.15, -0.1) is 0 Å². The van der Waals surface area contributed by atoms with Gasteiger partial charge < -0.3 is 4.74 Å². The molecular weight excluding hydrogens is 451 g/mol. The highest BCUT2D eigenvalue weighted by Crippen LogP contribution is 2.40. The first kappa shape index (κ1) is 24.8. The summed E-state index contributed by atoms with van der Waals surface area (Å²) in [6, 6.07) is 13.4. The Hall–Kier alpha value is -3.33. The van der Waals surface area contributed by atoms with E-state index in [4.69, 9.17) is 10.00 Å². The second-order valence-electron chi connectivity index (χ2n) is 9.35. The number of alkyl halides is 1. The molecule has 0 bridgehead atoms. The van der Waals surface area contributed by atoms with Crippen LogP contribution in [0.1, 0.15) is 79.3 Å². The van der Waals surface area contributed by atoms with Gasteiger partial charge in [0, 0.05) is 11.3 Å². The molecule has 1 aliphatic rings. The smallest absolute Gasteiger partial charge is 0.343 e. The molecular formula is C29H28F3NO2. The van der Waals surface area contributed by atoms with Gasteiger partial charge in [-0.3, -0.25) is 0 Å². The van der Waals surface area contributed by atoms with E-state index in [1.807, 2.05) is 0 Å². The molecule has 182 valence electrons. The van der Waals surface area contributed by atoms with Crippen molar-refractivity contribution in [2.45, 2.75) is 64.0 Å². The Bertz CT molecular complexity index is 1250. The van der Waals surface area contributed by atoms with Gasteiger partial charge in [-0.1, -0.05) is 44.7 Å². The molecule has 3 aromatic rings. The minimum Gasteiger partial charge on any atom is -0.423 e. The van der Waals surface area contributed by atoms with Gasteiger partial charge in [-0.2, -0.15) is 5.26 Å². The second-order valence-corrected chi connectivity index (χ2v) is 9.35. The topological polar surface area (TPSA) is 50.1 Å². The van der Waals surface area contributed by atoms with E-state index in [1.54, 1.807) is 24.3 Å². The van der Waals surface area contributed by atoms with Gasteiger partial charge in [0.05, 0.1) is 5.56 Å². The molecule has 0 amide bonds. The van der Waals surface area contributed by atoms with Crippen molar-refractivity contribution in [3.8, 4) is 11.8 Å². The molecule has 3 aromatic carbocycles. The quantitative estimate of drug-likeness (QED) is 0.196. The third-order valence-corrected chi connectivity index (χ3v) is 6.99. The first-order valence-electron chi connectivity index (χ1n) is 12.2. The number of hydrogen-bond donors (Lipinski definition) is 0. The largest absolute Gasteiger partial charge is 0.423 e. The highest BCUT2D eigenvalue weighted by atomic mass is 19.1. The Morgan fingerprint density at radius 3 is 2.54 bits per heavy atom. The van der Waals surface area contributed by atoms with Crippen LogP contribution >= 0.6 is 0 Å². The summed E-state index contributed by atoms with van der Waals surface area (Å²) in [4.78, 5) is 12.6. The fourth-order valence-electron chi connectivity index (χ4n) is 5.02. The summed E-state index contributed by atoms with van der Waals surface area (Å²) in [5.41, 5.74) is 0.531. The fourth-order valence-corrected chi connectivity index (χ4v) is 5.02. The molecule has 0 aromatic heterocycles. The first-order chi connectivity index (χ1) is 16.9. The average molecular weight is 480 g/mol. The van der Waals surface area contributed by atoms with E-state index in [9.17, 15) is 18.0 Å². The molecule has 35 heavy (non-hydrogen) atoms. The van der Waals surface area contributed by atoms with Gasteiger partial charge in [0.2, 0.25) is 0 Å². The van der Waals surface area contributed by atoms with E-state index in [0.29, 0.717) is 17.9 Å². The van der Waals surface area contributed by atoms with Crippen molar-refractivity contribution in [2.24, 2.45) is 5.92 Å². The zero-order chi connectivity index (χ0) is 24.9. The van der Waals surface area contributed by atoms with Gasteiger partial charge in [-0.25, -0.2) is 18.0 Å². The van der Waals surface area contributed by atoms with Gasteiger partial charge in [0.15, 0.2) is 5.82 Å². The van der Waals surface area contributed by atoms with Crippen molar-refractivity contribution in [3.63, 3.8) is 0 Å². The zero-order valence-corrected chi connectivity index (χ0v) is 19.7. The maximum atomic E-state index is 14.9. The highest BCUT2D eigenvalue weighted by Gasteiger charge is 2.31. The summed E-state index contributed by atoms with van der Waals surface area (Å²) < 4.78 is 48.6. The number of carbonyl (C=O) groups excluding carboxylic acids is 1. The number of nitrogens with zero attached hydrogens (tertiary/aromatic N) is 1. The molecule has 0 saturated heterocycles. The molecule has 1 saturated carbocycles. The van der Waals surface area contributed by atoms with Crippen molar-refractivity contribution in [3.05, 3.63) is 76.9 Å². The zero-order valence-electron chi connectivity index (χ0n) is 19.7. The lowest BCUT2D eigenvalue weighted by molar-refractivity contribution is 0.0735. The van der Waals surface area contributed by atoms with Crippen LogP contribution in [0.2, 0.25) is 0 Å². The van der Waals surface area contributed by atoms with Crippen LogP contribution in [-0.4, -0.2) is 12.1 Å². The number of nitriles is 1. The highest BCUT2D eigenvalue weighted by molar-refractivity contribution is 5.92. The van der Waals surface area contributed by atoms with Crippen molar-refractivity contribution in [1.82, 2.24) is 0 Å². The summed E-state index contributed by atoms with van der Waals surface area (Å²) in [5.74, 6) is -2.12. The van der Waals surface area contributed by atoms with Crippen LogP contribution in [0.5, 0.6) is 5.75 Å². The Morgan fingerprint density at radius 2 is 1.86 bits per heavy atom. The average Bonchev–Trinajstić information content (AvgIpc) is 2.84. The van der Waals surface area contributed by atoms with Crippen LogP contribution in [0, 0.1) is 28.9 Å². The van der Waals surface area contributed by atoms with Crippen LogP contribution in [0.4, 0.5) is 13.2 Å². The van der Waals surface area contributed by atoms with Gasteiger partial charge in [0.1, 0.15) is 29.4 Å². The number of ether oxygens (including phenoxy) is 1. The lowest BCUT2D eigenvalue weighted by atomic mass is 9.75. The van der Waals surface area contributed by atoms with E-state index in [1.165, 1.54) is 37.1 Å². The Kier molecular flexibility index (Phi) is 7.75. The lowest BCUT2D eigenvalue weighted by Gasteiger charge is -2.32. The van der Waals surface area contributed by atoms with E-state index in [2.05, 4.69) is 6.92 Å². The van der Waals surface area contributed by atoms with Gasteiger partial charge in [0.25, 0.3) is 0 Å². The molecule has 6 heteroatoms. The van der Waals surface area contributed by atoms with Crippen molar-refractivity contribution in [1.29, 1.82) is 5.26 Å². The number of halogens is 3. The monoisotopic (exact) mass is 479 g/mol. The number of hydrogen-bond acceptors (Lipinski definition) is 3. The second kappa shape index (κ2) is 10.9. The third kappa shape index (κ3) is 5.51. The van der Waals surface area contributed by atoms with E-state index in [-0.39, 0.29) is 22.4 Å². The molecule has 0 heterocycles. The van der Waals surface area contributed by atoms with Crippen LogP contribution in [-0.2, 0) is 0 Å².